The maximum Gasteiger partial charge on any atom is 0.327 e. The molecular formula is C12H10N4O3S. The molecule has 1 aliphatic rings. The highest BCUT2D eigenvalue weighted by Gasteiger charge is 2.38. The molecule has 7 nitrogen and oxygen atoms in total. The van der Waals surface area contributed by atoms with E-state index in [1.807, 2.05) is 12.1 Å². The molecule has 3 rings (SSSR count). The lowest BCUT2D eigenvalue weighted by Crippen LogP contribution is -2.45. The molecule has 0 unspecified atom stereocenters. The van der Waals surface area contributed by atoms with Gasteiger partial charge in [-0.05, 0) is 11.6 Å². The van der Waals surface area contributed by atoms with Crippen molar-refractivity contribution in [2.45, 2.75) is 12.5 Å². The van der Waals surface area contributed by atoms with E-state index in [4.69, 9.17) is 0 Å². The minimum Gasteiger partial charge on any atom is -0.480 e. The minimum atomic E-state index is -1.03. The Morgan fingerprint density at radius 3 is 2.90 bits per heavy atom. The monoisotopic (exact) mass is 290 g/mol. The number of nitrogens with zero attached hydrogens (tertiary/aromatic N) is 3. The van der Waals surface area contributed by atoms with Gasteiger partial charge in [0.05, 0.1) is 6.20 Å². The molecule has 0 bridgehead atoms. The van der Waals surface area contributed by atoms with Gasteiger partial charge in [0.15, 0.2) is 0 Å². The number of carbonyl (C=O) groups is 2. The highest BCUT2D eigenvalue weighted by molar-refractivity contribution is 7.10. The Kier molecular flexibility index (Phi) is 3.07. The number of hydrogen-bond donors (Lipinski definition) is 2. The lowest BCUT2D eigenvalue weighted by atomic mass is 10.1. The van der Waals surface area contributed by atoms with E-state index < -0.39 is 18.0 Å². The summed E-state index contributed by atoms with van der Waals surface area (Å²) < 4.78 is 3.64. The Bertz CT molecular complexity index is 658. The van der Waals surface area contributed by atoms with E-state index >= 15 is 0 Å². The van der Waals surface area contributed by atoms with Gasteiger partial charge in [-0.3, -0.25) is 10.2 Å². The summed E-state index contributed by atoms with van der Waals surface area (Å²) in [7, 11) is 0. The molecule has 2 aromatic rings. The van der Waals surface area contributed by atoms with E-state index in [2.05, 4.69) is 14.9 Å². The van der Waals surface area contributed by atoms with Gasteiger partial charge in [0.2, 0.25) is 0 Å². The van der Waals surface area contributed by atoms with E-state index in [0.717, 1.165) is 17.1 Å². The fraction of sp³-hybridized carbons (Fsp3) is 0.167. The SMILES string of the molecule is O=C(O)[C@@H]1Cc2ccccc2N1C(=O)Nc1cnns1. The number of anilines is 2. The van der Waals surface area contributed by atoms with Crippen molar-refractivity contribution in [3.63, 3.8) is 0 Å². The summed E-state index contributed by atoms with van der Waals surface area (Å²) in [6.45, 7) is 0. The number of hydrogen-bond acceptors (Lipinski definition) is 5. The predicted molar refractivity (Wildman–Crippen MR) is 73.0 cm³/mol. The van der Waals surface area contributed by atoms with Crippen molar-refractivity contribution in [3.8, 4) is 0 Å². The third-order valence-electron chi connectivity index (χ3n) is 3.07. The summed E-state index contributed by atoms with van der Waals surface area (Å²) in [5, 5.41) is 16.0. The van der Waals surface area contributed by atoms with Gasteiger partial charge in [0.1, 0.15) is 11.0 Å². The molecule has 102 valence electrons. The zero-order valence-electron chi connectivity index (χ0n) is 10.2. The maximum absolute atomic E-state index is 12.3. The second-order valence-corrected chi connectivity index (χ2v) is 5.05. The lowest BCUT2D eigenvalue weighted by Gasteiger charge is -2.22. The largest absolute Gasteiger partial charge is 0.480 e. The molecule has 1 aromatic heterocycles. The molecule has 2 N–H and O–H groups in total. The first-order valence-corrected chi connectivity index (χ1v) is 6.62. The topological polar surface area (TPSA) is 95.4 Å². The van der Waals surface area contributed by atoms with Crippen molar-refractivity contribution in [3.05, 3.63) is 36.0 Å². The number of aliphatic carboxylic acids is 1. The summed E-state index contributed by atoms with van der Waals surface area (Å²) in [5.74, 6) is -1.03. The van der Waals surface area contributed by atoms with Crippen LogP contribution in [0.1, 0.15) is 5.56 Å². The molecule has 2 amide bonds. The van der Waals surface area contributed by atoms with Gasteiger partial charge < -0.3 is 5.11 Å². The molecule has 0 spiro atoms. The molecule has 1 aromatic carbocycles. The number of urea groups is 1. The summed E-state index contributed by atoms with van der Waals surface area (Å²) in [6.07, 6.45) is 1.72. The minimum absolute atomic E-state index is 0.305. The Balaban J connectivity index is 1.92. The average molecular weight is 290 g/mol. The van der Waals surface area contributed by atoms with Gasteiger partial charge in [-0.15, -0.1) is 5.10 Å². The third-order valence-corrected chi connectivity index (χ3v) is 3.65. The molecular weight excluding hydrogens is 280 g/mol. The predicted octanol–water partition coefficient (Wildman–Crippen LogP) is 1.59. The zero-order valence-corrected chi connectivity index (χ0v) is 11.0. The standard InChI is InChI=1S/C12H10N4O3S/c17-11(18)9-5-7-3-1-2-4-8(7)16(9)12(19)14-10-6-13-15-20-10/h1-4,6,9H,5H2,(H,14,19)(H,17,18)/t9-/m0/s1. The van der Waals surface area contributed by atoms with Crippen LogP contribution in [0.4, 0.5) is 15.5 Å². The number of carboxylic acid groups (broad SMARTS) is 1. The molecule has 8 heteroatoms. The molecule has 0 saturated heterocycles. The summed E-state index contributed by atoms with van der Waals surface area (Å²) in [4.78, 5) is 24.9. The van der Waals surface area contributed by atoms with Crippen LogP contribution in [0.25, 0.3) is 0 Å². The smallest absolute Gasteiger partial charge is 0.327 e. The first-order chi connectivity index (χ1) is 9.66. The summed E-state index contributed by atoms with van der Waals surface area (Å²) >= 11 is 1.03. The average Bonchev–Trinajstić information content (AvgIpc) is 3.04. The Hall–Kier alpha value is -2.48. The van der Waals surface area contributed by atoms with Crippen LogP contribution in [-0.2, 0) is 11.2 Å². The van der Waals surface area contributed by atoms with Crippen LogP contribution in [0.5, 0.6) is 0 Å². The van der Waals surface area contributed by atoms with Crippen LogP contribution >= 0.6 is 11.5 Å². The highest BCUT2D eigenvalue weighted by atomic mass is 32.1. The Morgan fingerprint density at radius 2 is 2.20 bits per heavy atom. The van der Waals surface area contributed by atoms with Gasteiger partial charge in [-0.1, -0.05) is 22.7 Å². The number of nitrogens with one attached hydrogen (secondary N) is 1. The third kappa shape index (κ3) is 2.10. The highest BCUT2D eigenvalue weighted by Crippen LogP contribution is 2.32. The number of carboxylic acids is 1. The molecule has 2 heterocycles. The Labute approximate surface area is 118 Å². The van der Waals surface area contributed by atoms with Crippen LogP contribution < -0.4 is 10.2 Å². The van der Waals surface area contributed by atoms with Crippen LogP contribution in [0.15, 0.2) is 30.5 Å². The normalized spacial score (nSPS) is 16.8. The fourth-order valence-corrected chi connectivity index (χ4v) is 2.63. The lowest BCUT2D eigenvalue weighted by molar-refractivity contribution is -0.138. The summed E-state index contributed by atoms with van der Waals surface area (Å²) in [5.41, 5.74) is 1.47. The second-order valence-electron chi connectivity index (χ2n) is 4.27. The van der Waals surface area contributed by atoms with Crippen molar-refractivity contribution < 1.29 is 14.7 Å². The van der Waals surface area contributed by atoms with Gasteiger partial charge >= 0.3 is 12.0 Å². The van der Waals surface area contributed by atoms with Gasteiger partial charge in [0.25, 0.3) is 0 Å². The number of amides is 2. The van der Waals surface area contributed by atoms with E-state index in [1.165, 1.54) is 11.1 Å². The van der Waals surface area contributed by atoms with Gasteiger partial charge in [-0.2, -0.15) is 0 Å². The number of rotatable bonds is 2. The number of aromatic nitrogens is 2. The van der Waals surface area contributed by atoms with Crippen molar-refractivity contribution in [1.82, 2.24) is 9.59 Å². The molecule has 0 fully saturated rings. The summed E-state index contributed by atoms with van der Waals surface area (Å²) in [6, 6.07) is 5.78. The fourth-order valence-electron chi connectivity index (χ4n) is 2.22. The van der Waals surface area contributed by atoms with Crippen molar-refractivity contribution >= 4 is 34.2 Å². The van der Waals surface area contributed by atoms with E-state index in [1.54, 1.807) is 12.1 Å². The van der Waals surface area contributed by atoms with Crippen molar-refractivity contribution in [2.24, 2.45) is 0 Å². The van der Waals surface area contributed by atoms with Crippen LogP contribution in [0, 0.1) is 0 Å². The first-order valence-electron chi connectivity index (χ1n) is 5.85. The molecule has 0 radical (unpaired) electrons. The maximum atomic E-state index is 12.3. The zero-order chi connectivity index (χ0) is 14.1. The van der Waals surface area contributed by atoms with E-state index in [0.29, 0.717) is 17.1 Å². The van der Waals surface area contributed by atoms with E-state index in [9.17, 15) is 14.7 Å². The van der Waals surface area contributed by atoms with Crippen molar-refractivity contribution in [1.29, 1.82) is 0 Å². The van der Waals surface area contributed by atoms with Gasteiger partial charge in [-0.25, -0.2) is 9.59 Å². The molecule has 1 aliphatic heterocycles. The molecule has 0 saturated carbocycles. The molecule has 20 heavy (non-hydrogen) atoms. The molecule has 0 aliphatic carbocycles. The quantitative estimate of drug-likeness (QED) is 0.875. The molecule has 1 atom stereocenters. The van der Waals surface area contributed by atoms with E-state index in [-0.39, 0.29) is 0 Å². The van der Waals surface area contributed by atoms with Crippen LogP contribution in [0.2, 0.25) is 0 Å². The number of benzene rings is 1. The van der Waals surface area contributed by atoms with Crippen LogP contribution in [-0.4, -0.2) is 32.7 Å². The Morgan fingerprint density at radius 1 is 1.40 bits per heavy atom. The second kappa shape index (κ2) is 4.89. The van der Waals surface area contributed by atoms with Crippen LogP contribution in [0.3, 0.4) is 0 Å². The first kappa shape index (κ1) is 12.5. The van der Waals surface area contributed by atoms with Crippen molar-refractivity contribution in [2.75, 3.05) is 10.2 Å². The number of para-hydroxylation sites is 1. The number of carbonyl (C=O) groups excluding carboxylic acids is 1. The number of fused-ring (bicyclic) bond motifs is 1. The van der Waals surface area contributed by atoms with Gasteiger partial charge in [0, 0.05) is 23.6 Å².